The molecule has 0 heterocycles. The highest BCUT2D eigenvalue weighted by Gasteiger charge is 2.11. The molecular formula is C17H22O. The topological polar surface area (TPSA) is 17.1 Å². The Hall–Kier alpha value is -1.37. The standard InChI is InChI=1S/C17H22O/c1-13-8-9-14(2)16(10-13)12-17(18)11-15-6-4-3-5-7-15/h6,8-10H,3-5,7,11-12H2,1-2H3. The summed E-state index contributed by atoms with van der Waals surface area (Å²) in [7, 11) is 0. The van der Waals surface area contributed by atoms with Crippen LogP contribution in [0.25, 0.3) is 0 Å². The molecule has 1 nitrogen and oxygen atoms in total. The molecule has 96 valence electrons. The van der Waals surface area contributed by atoms with Crippen molar-refractivity contribution < 1.29 is 4.79 Å². The molecule has 0 saturated heterocycles. The van der Waals surface area contributed by atoms with Crippen LogP contribution in [0.2, 0.25) is 0 Å². The lowest BCUT2D eigenvalue weighted by atomic mass is 9.93. The largest absolute Gasteiger partial charge is 0.299 e. The van der Waals surface area contributed by atoms with E-state index < -0.39 is 0 Å². The number of carbonyl (C=O) groups excluding carboxylic acids is 1. The van der Waals surface area contributed by atoms with Crippen LogP contribution in [0.4, 0.5) is 0 Å². The average molecular weight is 242 g/mol. The summed E-state index contributed by atoms with van der Waals surface area (Å²) in [6, 6.07) is 6.35. The first-order valence-electron chi connectivity index (χ1n) is 6.91. The summed E-state index contributed by atoms with van der Waals surface area (Å²) in [5, 5.41) is 0. The first kappa shape index (κ1) is 13.1. The number of hydrogen-bond acceptors (Lipinski definition) is 1. The van der Waals surface area contributed by atoms with E-state index in [4.69, 9.17) is 0 Å². The summed E-state index contributed by atoms with van der Waals surface area (Å²) in [5.74, 6) is 0.358. The van der Waals surface area contributed by atoms with Crippen LogP contribution in [0.15, 0.2) is 29.8 Å². The van der Waals surface area contributed by atoms with Gasteiger partial charge in [-0.15, -0.1) is 0 Å². The molecule has 1 aromatic carbocycles. The maximum atomic E-state index is 12.1. The third-order valence-electron chi connectivity index (χ3n) is 3.70. The quantitative estimate of drug-likeness (QED) is 0.719. The van der Waals surface area contributed by atoms with E-state index in [9.17, 15) is 4.79 Å². The van der Waals surface area contributed by atoms with Gasteiger partial charge in [0.05, 0.1) is 0 Å². The SMILES string of the molecule is Cc1ccc(C)c(CC(=O)CC2=CCCCC2)c1. The van der Waals surface area contributed by atoms with Crippen LogP contribution in [0.1, 0.15) is 48.8 Å². The molecule has 1 aliphatic carbocycles. The lowest BCUT2D eigenvalue weighted by Crippen LogP contribution is -2.07. The summed E-state index contributed by atoms with van der Waals surface area (Å²) in [5.41, 5.74) is 5.01. The molecule has 2 rings (SSSR count). The Labute approximate surface area is 110 Å². The second-order valence-electron chi connectivity index (χ2n) is 5.43. The highest BCUT2D eigenvalue weighted by atomic mass is 16.1. The number of carbonyl (C=O) groups is 1. The van der Waals surface area contributed by atoms with E-state index in [2.05, 4.69) is 38.1 Å². The fourth-order valence-electron chi connectivity index (χ4n) is 2.58. The molecular weight excluding hydrogens is 220 g/mol. The van der Waals surface area contributed by atoms with E-state index in [1.54, 1.807) is 0 Å². The van der Waals surface area contributed by atoms with E-state index in [0.29, 0.717) is 18.6 Å². The van der Waals surface area contributed by atoms with Crippen LogP contribution < -0.4 is 0 Å². The van der Waals surface area contributed by atoms with Gasteiger partial charge in [-0.1, -0.05) is 35.4 Å². The van der Waals surface area contributed by atoms with E-state index in [-0.39, 0.29) is 0 Å². The van der Waals surface area contributed by atoms with Crippen molar-refractivity contribution in [2.45, 2.75) is 52.4 Å². The van der Waals surface area contributed by atoms with E-state index >= 15 is 0 Å². The molecule has 18 heavy (non-hydrogen) atoms. The molecule has 0 fully saturated rings. The molecule has 0 unspecified atom stereocenters. The second kappa shape index (κ2) is 5.99. The van der Waals surface area contributed by atoms with E-state index in [0.717, 1.165) is 12.8 Å². The van der Waals surface area contributed by atoms with Crippen molar-refractivity contribution in [3.8, 4) is 0 Å². The number of benzene rings is 1. The first-order chi connectivity index (χ1) is 8.65. The second-order valence-corrected chi connectivity index (χ2v) is 5.43. The fraction of sp³-hybridized carbons (Fsp3) is 0.471. The Morgan fingerprint density at radius 1 is 1.17 bits per heavy atom. The van der Waals surface area contributed by atoms with E-state index in [1.807, 2.05) is 0 Å². The average Bonchev–Trinajstić information content (AvgIpc) is 2.35. The van der Waals surface area contributed by atoms with Crippen LogP contribution >= 0.6 is 0 Å². The number of aryl methyl sites for hydroxylation is 2. The number of hydrogen-bond donors (Lipinski definition) is 0. The number of Topliss-reactive ketones (excluding diaryl/α,β-unsaturated/α-hetero) is 1. The third-order valence-corrected chi connectivity index (χ3v) is 3.70. The van der Waals surface area contributed by atoms with Crippen LogP contribution in [0, 0.1) is 13.8 Å². The molecule has 0 aromatic heterocycles. The van der Waals surface area contributed by atoms with Gasteiger partial charge in [0.2, 0.25) is 0 Å². The number of ketones is 1. The van der Waals surface area contributed by atoms with Crippen molar-refractivity contribution in [1.29, 1.82) is 0 Å². The van der Waals surface area contributed by atoms with Gasteiger partial charge >= 0.3 is 0 Å². The first-order valence-corrected chi connectivity index (χ1v) is 6.91. The van der Waals surface area contributed by atoms with Crippen LogP contribution in [0.5, 0.6) is 0 Å². The van der Waals surface area contributed by atoms with Gasteiger partial charge in [-0.2, -0.15) is 0 Å². The van der Waals surface area contributed by atoms with Gasteiger partial charge in [-0.05, 0) is 50.7 Å². The molecule has 0 aliphatic heterocycles. The highest BCUT2D eigenvalue weighted by Crippen LogP contribution is 2.21. The van der Waals surface area contributed by atoms with Crippen LogP contribution in [0.3, 0.4) is 0 Å². The summed E-state index contributed by atoms with van der Waals surface area (Å²) in [6.07, 6.45) is 8.34. The van der Waals surface area contributed by atoms with Crippen molar-refractivity contribution >= 4 is 5.78 Å². The molecule has 1 aromatic rings. The molecule has 0 N–H and O–H groups in total. The van der Waals surface area contributed by atoms with Gasteiger partial charge in [-0.3, -0.25) is 4.79 Å². The number of rotatable bonds is 4. The van der Waals surface area contributed by atoms with Gasteiger partial charge < -0.3 is 0 Å². The van der Waals surface area contributed by atoms with Crippen molar-refractivity contribution in [2.75, 3.05) is 0 Å². The normalized spacial score (nSPS) is 15.3. The number of allylic oxidation sites excluding steroid dienone is 2. The van der Waals surface area contributed by atoms with Crippen molar-refractivity contribution in [3.05, 3.63) is 46.5 Å². The lowest BCUT2D eigenvalue weighted by molar-refractivity contribution is -0.117. The Kier molecular flexibility index (Phi) is 4.35. The zero-order valence-electron chi connectivity index (χ0n) is 11.5. The highest BCUT2D eigenvalue weighted by molar-refractivity contribution is 5.83. The monoisotopic (exact) mass is 242 g/mol. The molecule has 1 heteroatoms. The van der Waals surface area contributed by atoms with Gasteiger partial charge in [-0.25, -0.2) is 0 Å². The van der Waals surface area contributed by atoms with Gasteiger partial charge in [0, 0.05) is 12.8 Å². The van der Waals surface area contributed by atoms with Gasteiger partial charge in [0.25, 0.3) is 0 Å². The molecule has 1 aliphatic rings. The molecule has 0 spiro atoms. The maximum Gasteiger partial charge on any atom is 0.141 e. The summed E-state index contributed by atoms with van der Waals surface area (Å²) < 4.78 is 0. The predicted molar refractivity (Wildman–Crippen MR) is 75.8 cm³/mol. The van der Waals surface area contributed by atoms with Crippen molar-refractivity contribution in [2.24, 2.45) is 0 Å². The summed E-state index contributed by atoms with van der Waals surface area (Å²) in [6.45, 7) is 4.17. The van der Waals surface area contributed by atoms with E-state index in [1.165, 1.54) is 35.1 Å². The van der Waals surface area contributed by atoms with Crippen molar-refractivity contribution in [1.82, 2.24) is 0 Å². The van der Waals surface area contributed by atoms with Crippen molar-refractivity contribution in [3.63, 3.8) is 0 Å². The zero-order valence-corrected chi connectivity index (χ0v) is 11.5. The zero-order chi connectivity index (χ0) is 13.0. The van der Waals surface area contributed by atoms with Gasteiger partial charge in [0.15, 0.2) is 0 Å². The molecule has 0 amide bonds. The Bertz CT molecular complexity index is 468. The summed E-state index contributed by atoms with van der Waals surface area (Å²) in [4.78, 5) is 12.1. The minimum absolute atomic E-state index is 0.358. The maximum absolute atomic E-state index is 12.1. The van der Waals surface area contributed by atoms with Crippen LogP contribution in [-0.4, -0.2) is 5.78 Å². The minimum atomic E-state index is 0.358. The molecule has 0 atom stereocenters. The van der Waals surface area contributed by atoms with Crippen LogP contribution in [-0.2, 0) is 11.2 Å². The Morgan fingerprint density at radius 3 is 2.72 bits per heavy atom. The van der Waals surface area contributed by atoms with Gasteiger partial charge in [0.1, 0.15) is 5.78 Å². The molecule has 0 saturated carbocycles. The third kappa shape index (κ3) is 3.56. The summed E-state index contributed by atoms with van der Waals surface area (Å²) >= 11 is 0. The Morgan fingerprint density at radius 2 is 2.00 bits per heavy atom. The smallest absolute Gasteiger partial charge is 0.141 e. The molecule has 0 bridgehead atoms. The predicted octanol–water partition coefficient (Wildman–Crippen LogP) is 4.31. The molecule has 0 radical (unpaired) electrons. The minimum Gasteiger partial charge on any atom is -0.299 e. The fourth-order valence-corrected chi connectivity index (χ4v) is 2.58. The Balaban J connectivity index is 1.98. The lowest BCUT2D eigenvalue weighted by Gasteiger charge is -2.12.